The van der Waals surface area contributed by atoms with Crippen molar-refractivity contribution in [3.05, 3.63) is 29.8 Å². The maximum absolute atomic E-state index is 4.14. The highest BCUT2D eigenvalue weighted by Crippen LogP contribution is 2.27. The lowest BCUT2D eigenvalue weighted by Gasteiger charge is -2.01. The van der Waals surface area contributed by atoms with Crippen LogP contribution in [0.25, 0.3) is 0 Å². The van der Waals surface area contributed by atoms with Crippen molar-refractivity contribution < 1.29 is 0 Å². The van der Waals surface area contributed by atoms with E-state index in [-0.39, 0.29) is 0 Å². The van der Waals surface area contributed by atoms with Crippen LogP contribution in [0.1, 0.15) is 18.9 Å². The first-order valence-corrected chi connectivity index (χ1v) is 7.38. The van der Waals surface area contributed by atoms with E-state index in [1.807, 2.05) is 0 Å². The summed E-state index contributed by atoms with van der Waals surface area (Å²) in [4.78, 5) is 0. The molecule has 0 aliphatic rings. The molecule has 0 saturated heterocycles. The Hall–Kier alpha value is -1.07. The molecule has 2 rings (SSSR count). The van der Waals surface area contributed by atoms with Crippen LogP contribution < -0.4 is 5.32 Å². The Labute approximate surface area is 110 Å². The summed E-state index contributed by atoms with van der Waals surface area (Å²) in [6, 6.07) is 8.26. The number of nitrogens with one attached hydrogen (secondary N) is 1. The highest BCUT2D eigenvalue weighted by Gasteiger charge is 2.04. The Morgan fingerprint density at radius 1 is 1.24 bits per heavy atom. The summed E-state index contributed by atoms with van der Waals surface area (Å²) in [6.45, 7) is 4.24. The molecule has 0 unspecified atom stereocenters. The standard InChI is InChI=1S/C12H15N3S2/c1-3-8-16-12-15-14-11(17-12)13-10-6-4-9(2)5-7-10/h4-7H,3,8H2,1-2H3,(H,13,14). The summed E-state index contributed by atoms with van der Waals surface area (Å²) < 4.78 is 1.03. The topological polar surface area (TPSA) is 37.8 Å². The number of rotatable bonds is 5. The highest BCUT2D eigenvalue weighted by molar-refractivity contribution is 8.01. The lowest BCUT2D eigenvalue weighted by Crippen LogP contribution is -1.88. The zero-order chi connectivity index (χ0) is 12.1. The molecule has 0 saturated carbocycles. The minimum absolute atomic E-state index is 0.854. The van der Waals surface area contributed by atoms with Gasteiger partial charge >= 0.3 is 0 Å². The van der Waals surface area contributed by atoms with Crippen molar-refractivity contribution in [3.8, 4) is 0 Å². The summed E-state index contributed by atoms with van der Waals surface area (Å²) in [7, 11) is 0. The van der Waals surface area contributed by atoms with Crippen molar-refractivity contribution in [2.75, 3.05) is 11.1 Å². The van der Waals surface area contributed by atoms with E-state index in [0.717, 1.165) is 27.3 Å². The number of nitrogens with zero attached hydrogens (tertiary/aromatic N) is 2. The first-order valence-electron chi connectivity index (χ1n) is 5.58. The Kier molecular flexibility index (Phi) is 4.39. The van der Waals surface area contributed by atoms with Gasteiger partial charge in [-0.15, -0.1) is 10.2 Å². The third-order valence-electron chi connectivity index (χ3n) is 2.14. The van der Waals surface area contributed by atoms with Crippen molar-refractivity contribution in [2.24, 2.45) is 0 Å². The maximum atomic E-state index is 4.14. The number of aryl methyl sites for hydroxylation is 1. The molecule has 1 N–H and O–H groups in total. The number of hydrogen-bond donors (Lipinski definition) is 1. The third kappa shape index (κ3) is 3.71. The van der Waals surface area contributed by atoms with E-state index in [1.165, 1.54) is 5.56 Å². The zero-order valence-corrected chi connectivity index (χ0v) is 11.6. The van der Waals surface area contributed by atoms with Gasteiger partial charge in [0.05, 0.1) is 0 Å². The number of thioether (sulfide) groups is 1. The SMILES string of the molecule is CCCSc1nnc(Nc2ccc(C)cc2)s1. The van der Waals surface area contributed by atoms with Gasteiger partial charge in [-0.05, 0) is 25.5 Å². The van der Waals surface area contributed by atoms with Gasteiger partial charge in [0, 0.05) is 11.4 Å². The average Bonchev–Trinajstić information content (AvgIpc) is 2.77. The van der Waals surface area contributed by atoms with E-state index < -0.39 is 0 Å². The Morgan fingerprint density at radius 3 is 2.71 bits per heavy atom. The van der Waals surface area contributed by atoms with Crippen LogP contribution in [0.15, 0.2) is 28.6 Å². The smallest absolute Gasteiger partial charge is 0.210 e. The van der Waals surface area contributed by atoms with Gasteiger partial charge in [-0.2, -0.15) is 0 Å². The highest BCUT2D eigenvalue weighted by atomic mass is 32.2. The van der Waals surface area contributed by atoms with E-state index in [4.69, 9.17) is 0 Å². The van der Waals surface area contributed by atoms with Gasteiger partial charge in [-0.3, -0.25) is 0 Å². The van der Waals surface area contributed by atoms with E-state index >= 15 is 0 Å². The third-order valence-corrected chi connectivity index (χ3v) is 4.32. The van der Waals surface area contributed by atoms with Crippen molar-refractivity contribution in [1.29, 1.82) is 0 Å². The Morgan fingerprint density at radius 2 is 2.00 bits per heavy atom. The van der Waals surface area contributed by atoms with Crippen LogP contribution in [0.5, 0.6) is 0 Å². The van der Waals surface area contributed by atoms with Crippen molar-refractivity contribution in [2.45, 2.75) is 24.6 Å². The van der Waals surface area contributed by atoms with Crippen molar-refractivity contribution >= 4 is 33.9 Å². The molecule has 90 valence electrons. The number of aromatic nitrogens is 2. The predicted molar refractivity (Wildman–Crippen MR) is 75.4 cm³/mol. The fourth-order valence-electron chi connectivity index (χ4n) is 1.27. The molecule has 0 aliphatic heterocycles. The van der Waals surface area contributed by atoms with Gasteiger partial charge in [0.25, 0.3) is 0 Å². The first kappa shape index (κ1) is 12.4. The van der Waals surface area contributed by atoms with Gasteiger partial charge in [0.2, 0.25) is 5.13 Å². The van der Waals surface area contributed by atoms with Gasteiger partial charge in [-0.1, -0.05) is 47.7 Å². The molecule has 3 nitrogen and oxygen atoms in total. The van der Waals surface area contributed by atoms with E-state index in [0.29, 0.717) is 0 Å². The van der Waals surface area contributed by atoms with E-state index in [1.54, 1.807) is 23.1 Å². The second kappa shape index (κ2) is 6.02. The molecular formula is C12H15N3S2. The molecule has 5 heteroatoms. The molecule has 0 aliphatic carbocycles. The van der Waals surface area contributed by atoms with Gasteiger partial charge < -0.3 is 5.32 Å². The number of hydrogen-bond acceptors (Lipinski definition) is 5. The molecule has 0 fully saturated rings. The van der Waals surface area contributed by atoms with Crippen LogP contribution in [-0.4, -0.2) is 16.0 Å². The lowest BCUT2D eigenvalue weighted by molar-refractivity contribution is 1.01. The monoisotopic (exact) mass is 265 g/mol. The number of anilines is 2. The average molecular weight is 265 g/mol. The molecule has 1 aromatic carbocycles. The van der Waals surface area contributed by atoms with Gasteiger partial charge in [0.1, 0.15) is 0 Å². The van der Waals surface area contributed by atoms with Crippen LogP contribution in [0.3, 0.4) is 0 Å². The second-order valence-corrected chi connectivity index (χ2v) is 6.03. The van der Waals surface area contributed by atoms with Gasteiger partial charge in [-0.25, -0.2) is 0 Å². The largest absolute Gasteiger partial charge is 0.330 e. The first-order chi connectivity index (χ1) is 8.28. The molecule has 0 bridgehead atoms. The minimum Gasteiger partial charge on any atom is -0.330 e. The molecule has 0 amide bonds. The summed E-state index contributed by atoms with van der Waals surface area (Å²) in [6.07, 6.45) is 1.16. The fraction of sp³-hybridized carbons (Fsp3) is 0.333. The quantitative estimate of drug-likeness (QED) is 0.826. The molecule has 17 heavy (non-hydrogen) atoms. The Balaban J connectivity index is 1.98. The summed E-state index contributed by atoms with van der Waals surface area (Å²) in [5.74, 6) is 1.10. The number of benzene rings is 1. The van der Waals surface area contributed by atoms with E-state index in [9.17, 15) is 0 Å². The maximum Gasteiger partial charge on any atom is 0.210 e. The van der Waals surface area contributed by atoms with Gasteiger partial charge in [0.15, 0.2) is 4.34 Å². The molecule has 2 aromatic rings. The lowest BCUT2D eigenvalue weighted by atomic mass is 10.2. The van der Waals surface area contributed by atoms with Crippen LogP contribution in [0.4, 0.5) is 10.8 Å². The molecule has 1 heterocycles. The normalized spacial score (nSPS) is 10.5. The molecule has 0 spiro atoms. The summed E-state index contributed by atoms with van der Waals surface area (Å²) in [5, 5.41) is 12.4. The van der Waals surface area contributed by atoms with Crippen LogP contribution in [0, 0.1) is 6.92 Å². The molecule has 0 radical (unpaired) electrons. The molecule has 0 atom stereocenters. The summed E-state index contributed by atoms with van der Waals surface area (Å²) in [5.41, 5.74) is 2.31. The Bertz CT molecular complexity index is 465. The minimum atomic E-state index is 0.854. The second-order valence-electron chi connectivity index (χ2n) is 3.71. The van der Waals surface area contributed by atoms with Crippen LogP contribution >= 0.6 is 23.1 Å². The molecule has 1 aromatic heterocycles. The molecular weight excluding hydrogens is 250 g/mol. The zero-order valence-electron chi connectivity index (χ0n) is 9.93. The summed E-state index contributed by atoms with van der Waals surface area (Å²) >= 11 is 3.36. The predicted octanol–water partition coefficient (Wildman–Crippen LogP) is 4.09. The van der Waals surface area contributed by atoms with Crippen LogP contribution in [0.2, 0.25) is 0 Å². The fourth-order valence-corrected chi connectivity index (χ4v) is 2.97. The van der Waals surface area contributed by atoms with Crippen molar-refractivity contribution in [3.63, 3.8) is 0 Å². The van der Waals surface area contributed by atoms with Crippen LogP contribution in [-0.2, 0) is 0 Å². The van der Waals surface area contributed by atoms with Crippen molar-refractivity contribution in [1.82, 2.24) is 10.2 Å². The van der Waals surface area contributed by atoms with E-state index in [2.05, 4.69) is 53.6 Å².